The fraction of sp³-hybridized carbons (Fsp3) is 0.971. The van der Waals surface area contributed by atoms with Crippen LogP contribution < -0.4 is 10.6 Å². The predicted octanol–water partition coefficient (Wildman–Crippen LogP) is -24.7. The molecule has 0 aromatic rings. The lowest BCUT2D eigenvalue weighted by molar-refractivity contribution is -0.412. The molecule has 58 nitrogen and oxygen atoms in total. The van der Waals surface area contributed by atoms with Gasteiger partial charge in [0.2, 0.25) is 11.8 Å². The number of aliphatic hydroxyl groups is 33. The van der Waals surface area contributed by atoms with Gasteiger partial charge in [-0.2, -0.15) is 0 Å². The van der Waals surface area contributed by atoms with E-state index in [1.807, 2.05) is 0 Å². The van der Waals surface area contributed by atoms with E-state index in [0.717, 1.165) is 13.8 Å². The van der Waals surface area contributed by atoms with E-state index in [9.17, 15) is 178 Å². The van der Waals surface area contributed by atoms with Crippen LogP contribution in [0.15, 0.2) is 0 Å². The molecular formula is C70H118N2O56. The molecule has 0 aromatic heterocycles. The average Bonchev–Trinajstić information content (AvgIpc) is 0.775. The molecule has 35 N–H and O–H groups in total. The lowest BCUT2D eigenvalue weighted by Crippen LogP contribution is -2.70. The first-order chi connectivity index (χ1) is 60.7. The van der Waals surface area contributed by atoms with Crippen LogP contribution in [0.5, 0.6) is 0 Å². The summed E-state index contributed by atoms with van der Waals surface area (Å²) in [6, 6.07) is -3.66. The number of nitrogens with one attached hydrogen (secondary N) is 2. The van der Waals surface area contributed by atoms with Crippen LogP contribution in [0, 0.1) is 0 Å². The zero-order valence-electron chi connectivity index (χ0n) is 67.7. The van der Waals surface area contributed by atoms with E-state index in [1.165, 1.54) is 0 Å². The van der Waals surface area contributed by atoms with Gasteiger partial charge in [-0.25, -0.2) is 0 Å². The van der Waals surface area contributed by atoms with Crippen LogP contribution in [0.3, 0.4) is 0 Å². The van der Waals surface area contributed by atoms with Gasteiger partial charge in [0.25, 0.3) is 0 Å². The first kappa shape index (κ1) is 105. The molecule has 744 valence electrons. The van der Waals surface area contributed by atoms with Gasteiger partial charge < -0.3 is 279 Å². The Kier molecular flexibility index (Phi) is 37.7. The van der Waals surface area contributed by atoms with E-state index in [-0.39, 0.29) is 0 Å². The van der Waals surface area contributed by atoms with E-state index < -0.39 is 422 Å². The third-order valence-electron chi connectivity index (χ3n) is 23.8. The minimum Gasteiger partial charge on any atom is -0.394 e. The Hall–Kier alpha value is -3.22. The summed E-state index contributed by atoms with van der Waals surface area (Å²) in [5, 5.41) is 372. The van der Waals surface area contributed by atoms with E-state index in [2.05, 4.69) is 10.6 Å². The molecule has 128 heavy (non-hydrogen) atoms. The SMILES string of the molecule is CC(=O)N[C@H]1[C@H](O[C@H]2[C@H](O)[C@@H](NC(C)=O)C(O)O[C@@H]2CO)O[C@H](CO)[C@@H](O[C@@H]2O[C@H](CO[C@H]3O[C@H](CO)[C@@H](O)[C@H](O[C@H]4O[C@H](CO)[C@@H](O)[C@@H](O)[C@@H]4O[C@H]4O[C@H](CO)[C@@H](O)[C@H](O)[C@@H]4O)[C@@H]3O)[C@@H](O)[C@H](O[C@H]3O[C@H](CO)[C@@H](O)[C@H](O)[C@@H]3O[C@H]3O[C@H](CO)[C@@H](O)[C@H](O)[C@@H]3O[C@H]3O[C@H](CO)[C@@H](O)[C@H](O[C@H]4O[C@H](CO)[C@@H](O)[C@H](O[C@H]5O[C@H](CO)[C@@H](O)[C@H](O)[C@H]5O)[C@H]4O)[C@@H]3O)[C@@H]2O)[C@@H]1O. The zero-order chi connectivity index (χ0) is 94.0. The number of rotatable bonds is 33. The third kappa shape index (κ3) is 22.3. The predicted molar refractivity (Wildman–Crippen MR) is 386 cm³/mol. The highest BCUT2D eigenvalue weighted by atomic mass is 16.8. The Morgan fingerprint density at radius 1 is 0.203 bits per heavy atom. The van der Waals surface area contributed by atoms with Crippen molar-refractivity contribution in [3.63, 3.8) is 0 Å². The van der Waals surface area contributed by atoms with Crippen LogP contribution >= 0.6 is 0 Å². The van der Waals surface area contributed by atoms with Gasteiger partial charge in [-0.15, -0.1) is 0 Å². The second-order valence-corrected chi connectivity index (χ2v) is 32.3. The van der Waals surface area contributed by atoms with Crippen LogP contribution in [0.4, 0.5) is 0 Å². The first-order valence-corrected chi connectivity index (χ1v) is 40.7. The van der Waals surface area contributed by atoms with Crippen molar-refractivity contribution in [2.45, 2.75) is 351 Å². The zero-order valence-corrected chi connectivity index (χ0v) is 67.7. The van der Waals surface area contributed by atoms with Crippen LogP contribution in [0.1, 0.15) is 13.8 Å². The molecule has 11 fully saturated rings. The van der Waals surface area contributed by atoms with E-state index in [0.29, 0.717) is 0 Å². The van der Waals surface area contributed by atoms with Gasteiger partial charge >= 0.3 is 0 Å². The smallest absolute Gasteiger partial charge is 0.217 e. The van der Waals surface area contributed by atoms with Crippen LogP contribution in [-0.4, -0.2) is 591 Å². The molecular weight excluding hydrogens is 1760 g/mol. The number of aliphatic hydroxyl groups excluding tert-OH is 33. The van der Waals surface area contributed by atoms with Gasteiger partial charge in [-0.3, -0.25) is 9.59 Å². The van der Waals surface area contributed by atoms with Crippen molar-refractivity contribution in [3.8, 4) is 0 Å². The van der Waals surface area contributed by atoms with Gasteiger partial charge in [0, 0.05) is 13.8 Å². The van der Waals surface area contributed by atoms with Crippen molar-refractivity contribution in [2.24, 2.45) is 0 Å². The maximum Gasteiger partial charge on any atom is 0.217 e. The molecule has 11 rings (SSSR count). The summed E-state index contributed by atoms with van der Waals surface area (Å²) < 4.78 is 123. The normalized spacial score (nSPS) is 51.7. The first-order valence-electron chi connectivity index (χ1n) is 40.7. The topological polar surface area (TPSA) is 920 Å². The Morgan fingerprint density at radius 2 is 0.422 bits per heavy atom. The minimum atomic E-state index is -2.67. The third-order valence-corrected chi connectivity index (χ3v) is 23.8. The van der Waals surface area contributed by atoms with Crippen molar-refractivity contribution >= 4 is 11.8 Å². The van der Waals surface area contributed by atoms with Crippen LogP contribution in [-0.2, 0) is 109 Å². The average molecular weight is 1880 g/mol. The highest BCUT2D eigenvalue weighted by Gasteiger charge is 2.63. The van der Waals surface area contributed by atoms with Gasteiger partial charge in [0.05, 0.1) is 72.7 Å². The number of hydrogen-bond acceptors (Lipinski definition) is 56. The van der Waals surface area contributed by atoms with E-state index in [1.54, 1.807) is 0 Å². The summed E-state index contributed by atoms with van der Waals surface area (Å²) in [5.74, 6) is -1.79. The maximum absolute atomic E-state index is 13.1. The number of carbonyl (C=O) groups excluding carboxylic acids is 2. The highest BCUT2D eigenvalue weighted by molar-refractivity contribution is 5.73. The summed E-state index contributed by atoms with van der Waals surface area (Å²) in [6.07, 6.45) is -116. The van der Waals surface area contributed by atoms with Crippen molar-refractivity contribution in [2.75, 3.05) is 72.7 Å². The molecule has 2 amide bonds. The van der Waals surface area contributed by atoms with Crippen molar-refractivity contribution in [3.05, 3.63) is 0 Å². The van der Waals surface area contributed by atoms with Crippen molar-refractivity contribution in [1.82, 2.24) is 10.6 Å². The molecule has 0 saturated carbocycles. The fourth-order valence-corrected chi connectivity index (χ4v) is 16.6. The second-order valence-electron chi connectivity index (χ2n) is 32.3. The number of hydrogen-bond donors (Lipinski definition) is 35. The Morgan fingerprint density at radius 3 is 0.758 bits per heavy atom. The number of amides is 2. The summed E-state index contributed by atoms with van der Waals surface area (Å²) in [5.41, 5.74) is 0. The number of ether oxygens (including phenoxy) is 21. The van der Waals surface area contributed by atoms with Crippen LogP contribution in [0.2, 0.25) is 0 Å². The summed E-state index contributed by atoms with van der Waals surface area (Å²) in [7, 11) is 0. The lowest BCUT2D eigenvalue weighted by atomic mass is 9.94. The van der Waals surface area contributed by atoms with Gasteiger partial charge in [0.15, 0.2) is 69.2 Å². The van der Waals surface area contributed by atoms with Gasteiger partial charge in [-0.1, -0.05) is 0 Å². The van der Waals surface area contributed by atoms with Crippen molar-refractivity contribution < 1.29 is 278 Å². The standard InChI is InChI=1S/C70H118N2O56/c1-14(83)71-27-38(94)51(24(11-81)109-60(27)107)120-61-28(72-15(2)84)39(95)52(25(12-82)118-61)121-67-50(106)56(37(93)26(119-67)13-108-62-47(103)53(34(90)21(8-78)110-62)124-68-57(42(98)31(87)18(5-75)115-68)126-64-46(102)41(97)30(86)17(4-74)112-64)125-69-59(44(100)33(89)19(6-76)116-69)128-70-58(43(99)32(88)20(7-77)117-70)127-66-49(105)55(36(92)23(10-80)114-66)123-65-48(104)54(35(91)22(9-79)113-65)122-63-45(101)40(96)29(85)16(3-73)111-63/h16-70,73-82,85-107H,3-13H2,1-2H3,(H,71,83)(H,72,84)/t16-,17-,18-,19-,20-,21-,22-,23-,24-,25-,26-,27-,28-,29-,30-,31-,32-,33-,34-,35-,36-,37-,38-,39-,40+,41+,42-,43+,44+,45-,46+,47+,48-,49+,50+,51-,52-,53+,54+,55+,56+,57+,58+,59+,60?,61+,62+,63-,64-,65-,66-,67+,68-,69-,70-/m1/s1. The van der Waals surface area contributed by atoms with E-state index in [4.69, 9.17) is 99.5 Å². The number of carbonyl (C=O) groups is 2. The molecule has 58 heteroatoms. The monoisotopic (exact) mass is 1880 g/mol. The molecule has 0 bridgehead atoms. The largest absolute Gasteiger partial charge is 0.394 e. The molecule has 1 unspecified atom stereocenters. The molecule has 11 aliphatic heterocycles. The molecule has 55 atom stereocenters. The Bertz CT molecular complexity index is 3390. The molecule has 11 heterocycles. The van der Waals surface area contributed by atoms with E-state index >= 15 is 0 Å². The Labute approximate surface area is 722 Å². The molecule has 11 aliphatic rings. The van der Waals surface area contributed by atoms with Gasteiger partial charge in [-0.05, 0) is 0 Å². The quantitative estimate of drug-likeness (QED) is 0.0290. The molecule has 0 aliphatic carbocycles. The Balaban J connectivity index is 0.899. The summed E-state index contributed by atoms with van der Waals surface area (Å²) >= 11 is 0. The fourth-order valence-electron chi connectivity index (χ4n) is 16.6. The second kappa shape index (κ2) is 45.8. The van der Waals surface area contributed by atoms with Crippen LogP contribution in [0.25, 0.3) is 0 Å². The summed E-state index contributed by atoms with van der Waals surface area (Å²) in [4.78, 5) is 25.3. The minimum absolute atomic E-state index is 0.814. The molecule has 0 aromatic carbocycles. The van der Waals surface area contributed by atoms with Crippen molar-refractivity contribution in [1.29, 1.82) is 0 Å². The summed E-state index contributed by atoms with van der Waals surface area (Å²) in [6.45, 7) is -10.8. The maximum atomic E-state index is 13.1. The molecule has 0 spiro atoms. The lowest BCUT2D eigenvalue weighted by Gasteiger charge is -2.51. The van der Waals surface area contributed by atoms with Gasteiger partial charge in [0.1, 0.15) is 268 Å². The molecule has 0 radical (unpaired) electrons. The highest BCUT2D eigenvalue weighted by Crippen LogP contribution is 2.42. The molecule has 11 saturated heterocycles.